The topological polar surface area (TPSA) is 37.3 Å². The van der Waals surface area contributed by atoms with Crippen LogP contribution in [-0.2, 0) is 0 Å². The third kappa shape index (κ3) is 4.19. The van der Waals surface area contributed by atoms with Gasteiger partial charge in [0.1, 0.15) is 0 Å². The fourth-order valence-corrected chi connectivity index (χ4v) is 1.25. The summed E-state index contributed by atoms with van der Waals surface area (Å²) in [7, 11) is 0. The van der Waals surface area contributed by atoms with Crippen molar-refractivity contribution in [2.75, 3.05) is 0 Å². The van der Waals surface area contributed by atoms with Gasteiger partial charge < -0.3 is 5.11 Å². The van der Waals surface area contributed by atoms with Crippen LogP contribution in [0.3, 0.4) is 0 Å². The van der Waals surface area contributed by atoms with Crippen molar-refractivity contribution in [2.45, 2.75) is 0 Å². The number of carbonyl (C=O) groups is 1. The number of halogens is 1. The Balaban J connectivity index is 0. The van der Waals surface area contributed by atoms with Crippen LogP contribution < -0.4 is 0 Å². The standard InChI is InChI=1S/C7H5IO2.Na.H3P.H/c8-6-4-2-1-3-5(6)7(9)10;;;/h1-4H,(H,9,10);;1H3;. The van der Waals surface area contributed by atoms with Gasteiger partial charge in [-0.1, -0.05) is 12.1 Å². The first kappa shape index (κ1) is 15.3. The first-order chi connectivity index (χ1) is 4.72. The van der Waals surface area contributed by atoms with E-state index in [1.54, 1.807) is 18.2 Å². The second kappa shape index (κ2) is 7.27. The molecular formula is C7H9INaO2P. The first-order valence-corrected chi connectivity index (χ1v) is 3.77. The molecule has 1 atom stereocenters. The fourth-order valence-electron chi connectivity index (χ4n) is 0.635. The predicted molar refractivity (Wildman–Crippen MR) is 64.4 cm³/mol. The minimum absolute atomic E-state index is 0. The summed E-state index contributed by atoms with van der Waals surface area (Å²) in [6, 6.07) is 6.88. The third-order valence-corrected chi connectivity index (χ3v) is 2.04. The van der Waals surface area contributed by atoms with E-state index in [0.717, 1.165) is 3.57 Å². The van der Waals surface area contributed by atoms with E-state index in [1.807, 2.05) is 28.7 Å². The van der Waals surface area contributed by atoms with Gasteiger partial charge in [-0.25, -0.2) is 4.79 Å². The van der Waals surface area contributed by atoms with Gasteiger partial charge >= 0.3 is 35.5 Å². The maximum atomic E-state index is 10.4. The molecule has 1 aromatic carbocycles. The van der Waals surface area contributed by atoms with Crippen LogP contribution in [0, 0.1) is 3.57 Å². The molecule has 1 unspecified atom stereocenters. The van der Waals surface area contributed by atoms with Crippen molar-refractivity contribution in [3.8, 4) is 0 Å². The molecule has 12 heavy (non-hydrogen) atoms. The van der Waals surface area contributed by atoms with Gasteiger partial charge in [0.05, 0.1) is 5.56 Å². The summed E-state index contributed by atoms with van der Waals surface area (Å²) in [6.45, 7) is 0. The average molecular weight is 306 g/mol. The Kier molecular flexibility index (Phi) is 9.29. The predicted octanol–water partition coefficient (Wildman–Crippen LogP) is 1.40. The van der Waals surface area contributed by atoms with Gasteiger partial charge in [-0.2, -0.15) is 9.90 Å². The van der Waals surface area contributed by atoms with Crippen molar-refractivity contribution in [1.29, 1.82) is 0 Å². The molecule has 1 rings (SSSR count). The number of carboxylic acid groups (broad SMARTS) is 1. The summed E-state index contributed by atoms with van der Waals surface area (Å²) in [4.78, 5) is 10.4. The monoisotopic (exact) mass is 306 g/mol. The van der Waals surface area contributed by atoms with Crippen molar-refractivity contribution in [3.63, 3.8) is 0 Å². The second-order valence-corrected chi connectivity index (χ2v) is 2.95. The van der Waals surface area contributed by atoms with Gasteiger partial charge in [-0.3, -0.25) is 0 Å². The molecular weight excluding hydrogens is 297 g/mol. The number of carboxylic acids is 1. The second-order valence-electron chi connectivity index (χ2n) is 1.78. The molecule has 5 heteroatoms. The van der Waals surface area contributed by atoms with E-state index in [1.165, 1.54) is 0 Å². The van der Waals surface area contributed by atoms with Gasteiger partial charge in [0.2, 0.25) is 0 Å². The van der Waals surface area contributed by atoms with E-state index < -0.39 is 5.97 Å². The molecule has 0 radical (unpaired) electrons. The molecule has 1 N–H and O–H groups in total. The Morgan fingerprint density at radius 1 is 1.33 bits per heavy atom. The van der Waals surface area contributed by atoms with E-state index in [2.05, 4.69) is 0 Å². The zero-order valence-corrected chi connectivity index (χ0v) is 9.32. The summed E-state index contributed by atoms with van der Waals surface area (Å²) in [6.07, 6.45) is 0. The molecule has 62 valence electrons. The Labute approximate surface area is 110 Å². The van der Waals surface area contributed by atoms with Crippen molar-refractivity contribution in [1.82, 2.24) is 0 Å². The third-order valence-electron chi connectivity index (χ3n) is 1.10. The quantitative estimate of drug-likeness (QED) is 0.484. The molecule has 0 fully saturated rings. The van der Waals surface area contributed by atoms with Crippen LogP contribution in [0.5, 0.6) is 0 Å². The summed E-state index contributed by atoms with van der Waals surface area (Å²) in [5.41, 5.74) is 0.364. The molecule has 0 amide bonds. The van der Waals surface area contributed by atoms with Crippen LogP contribution >= 0.6 is 32.5 Å². The number of hydrogen-bond donors (Lipinski definition) is 1. The molecule has 2 nitrogen and oxygen atoms in total. The summed E-state index contributed by atoms with van der Waals surface area (Å²) in [5.74, 6) is -0.870. The summed E-state index contributed by atoms with van der Waals surface area (Å²) < 4.78 is 0.771. The normalized spacial score (nSPS) is 7.75. The molecule has 0 aliphatic carbocycles. The molecule has 0 aliphatic heterocycles. The van der Waals surface area contributed by atoms with E-state index >= 15 is 0 Å². The van der Waals surface area contributed by atoms with E-state index in [0.29, 0.717) is 5.56 Å². The molecule has 0 bridgehead atoms. The molecule has 0 aromatic heterocycles. The van der Waals surface area contributed by atoms with Crippen LogP contribution in [0.1, 0.15) is 10.4 Å². The van der Waals surface area contributed by atoms with Gasteiger partial charge in [0.15, 0.2) is 0 Å². The molecule has 0 saturated heterocycles. The Morgan fingerprint density at radius 3 is 2.17 bits per heavy atom. The summed E-state index contributed by atoms with van der Waals surface area (Å²) in [5, 5.41) is 8.56. The zero-order chi connectivity index (χ0) is 7.56. The van der Waals surface area contributed by atoms with Gasteiger partial charge in [-0.05, 0) is 34.7 Å². The van der Waals surface area contributed by atoms with Crippen LogP contribution in [0.2, 0.25) is 0 Å². The Hall–Kier alpha value is 0.850. The van der Waals surface area contributed by atoms with Crippen molar-refractivity contribution in [2.24, 2.45) is 0 Å². The van der Waals surface area contributed by atoms with Crippen molar-refractivity contribution < 1.29 is 9.90 Å². The van der Waals surface area contributed by atoms with Crippen LogP contribution in [0.25, 0.3) is 0 Å². The van der Waals surface area contributed by atoms with Gasteiger partial charge in [0, 0.05) is 3.57 Å². The zero-order valence-electron chi connectivity index (χ0n) is 5.75. The van der Waals surface area contributed by atoms with Gasteiger partial charge in [-0.15, -0.1) is 0 Å². The average Bonchev–Trinajstić information content (AvgIpc) is 1.88. The summed E-state index contributed by atoms with van der Waals surface area (Å²) >= 11 is 1.99. The SMILES string of the molecule is O=C(O)c1ccccc1I.P.[NaH]. The minimum atomic E-state index is -0.870. The number of aromatic carboxylic acids is 1. The van der Waals surface area contributed by atoms with Crippen LogP contribution in [-0.4, -0.2) is 40.6 Å². The fraction of sp³-hybridized carbons (Fsp3) is 0. The van der Waals surface area contributed by atoms with Crippen molar-refractivity contribution >= 4 is 68.0 Å². The molecule has 0 heterocycles. The van der Waals surface area contributed by atoms with Crippen LogP contribution in [0.4, 0.5) is 0 Å². The van der Waals surface area contributed by atoms with Crippen molar-refractivity contribution in [3.05, 3.63) is 33.4 Å². The van der Waals surface area contributed by atoms with E-state index in [4.69, 9.17) is 5.11 Å². The molecule has 0 aliphatic rings. The van der Waals surface area contributed by atoms with E-state index in [-0.39, 0.29) is 39.5 Å². The number of benzene rings is 1. The number of hydrogen-bond acceptors (Lipinski definition) is 1. The van der Waals surface area contributed by atoms with E-state index in [9.17, 15) is 4.79 Å². The first-order valence-electron chi connectivity index (χ1n) is 2.69. The molecule has 0 spiro atoms. The Bertz CT molecular complexity index is 267. The number of rotatable bonds is 1. The van der Waals surface area contributed by atoms with Crippen LogP contribution in [0.15, 0.2) is 24.3 Å². The molecule has 1 aromatic rings. The molecule has 0 saturated carbocycles. The Morgan fingerprint density at radius 2 is 1.83 bits per heavy atom. The van der Waals surface area contributed by atoms with Gasteiger partial charge in [0.25, 0.3) is 0 Å². The maximum absolute atomic E-state index is 10.4.